The van der Waals surface area contributed by atoms with Crippen LogP contribution < -0.4 is 31.9 Å². The number of hydrogen-bond donors (Lipinski definition) is 6. The molecule has 262 valence electrons. The first-order valence-corrected chi connectivity index (χ1v) is 17.8. The molecule has 0 unspecified atom stereocenters. The lowest BCUT2D eigenvalue weighted by Gasteiger charge is -2.09. The molecule has 6 N–H and O–H groups in total. The number of benzene rings is 2. The van der Waals surface area contributed by atoms with Crippen LogP contribution in [0.15, 0.2) is 60.9 Å². The molecular weight excluding hydrogens is 604 g/mol. The highest BCUT2D eigenvalue weighted by atomic mass is 35.5. The minimum Gasteiger partial charge on any atom is -0.317 e. The van der Waals surface area contributed by atoms with Gasteiger partial charge in [-0.2, -0.15) is 0 Å². The molecule has 0 amide bonds. The molecule has 3 aromatic rings. The van der Waals surface area contributed by atoms with Crippen molar-refractivity contribution in [3.63, 3.8) is 0 Å². The molecule has 0 aliphatic rings. The van der Waals surface area contributed by atoms with Crippen molar-refractivity contribution in [2.75, 3.05) is 65.4 Å². The molecule has 0 aliphatic carbocycles. The Morgan fingerprint density at radius 3 is 1.17 bits per heavy atom. The summed E-state index contributed by atoms with van der Waals surface area (Å²) in [4.78, 5) is 9.11. The lowest BCUT2D eigenvalue weighted by atomic mass is 10.0. The third-order valence-corrected chi connectivity index (χ3v) is 7.76. The molecule has 1 aromatic heterocycles. The Morgan fingerprint density at radius 1 is 0.468 bits per heavy atom. The van der Waals surface area contributed by atoms with Crippen LogP contribution in [-0.4, -0.2) is 75.4 Å². The zero-order valence-corrected chi connectivity index (χ0v) is 30.4. The lowest BCUT2D eigenvalue weighted by molar-refractivity contribution is 0.525. The molecule has 0 bridgehead atoms. The number of nitrogens with one attached hydrogen (secondary N) is 6. The van der Waals surface area contributed by atoms with Gasteiger partial charge in [0.15, 0.2) is 0 Å². The van der Waals surface area contributed by atoms with Crippen LogP contribution in [-0.2, 0) is 13.1 Å². The average Bonchev–Trinajstić information content (AvgIpc) is 3.06. The van der Waals surface area contributed by atoms with Gasteiger partial charge in [-0.25, -0.2) is 9.97 Å². The van der Waals surface area contributed by atoms with E-state index in [9.17, 15) is 0 Å². The van der Waals surface area contributed by atoms with Crippen LogP contribution in [0.1, 0.15) is 64.5 Å². The number of aromatic nitrogens is 2. The Labute approximate surface area is 291 Å². The average molecular weight is 667 g/mol. The number of halogens is 1. The van der Waals surface area contributed by atoms with Gasteiger partial charge in [0.2, 0.25) is 0 Å². The molecule has 2 aromatic carbocycles. The maximum Gasteiger partial charge on any atom is 0.116 e. The Bertz CT molecular complexity index is 1080. The molecule has 47 heavy (non-hydrogen) atoms. The first-order chi connectivity index (χ1) is 22.5. The first kappa shape index (κ1) is 40.7. The maximum atomic E-state index is 4.56. The van der Waals surface area contributed by atoms with Gasteiger partial charge < -0.3 is 31.9 Å². The summed E-state index contributed by atoms with van der Waals surface area (Å²) in [6.45, 7) is 21.4. The second-order valence-electron chi connectivity index (χ2n) is 13.1. The van der Waals surface area contributed by atoms with Gasteiger partial charge in [0, 0.05) is 24.2 Å². The van der Waals surface area contributed by atoms with Crippen molar-refractivity contribution in [3.05, 3.63) is 72.1 Å². The van der Waals surface area contributed by atoms with E-state index in [0.29, 0.717) is 0 Å². The van der Waals surface area contributed by atoms with Crippen LogP contribution >= 0.6 is 12.4 Å². The van der Waals surface area contributed by atoms with E-state index in [0.717, 1.165) is 126 Å². The van der Waals surface area contributed by atoms with Crippen LogP contribution in [0.2, 0.25) is 0 Å². The fourth-order valence-electron chi connectivity index (χ4n) is 5.11. The molecule has 0 radical (unpaired) electrons. The molecule has 0 saturated carbocycles. The van der Waals surface area contributed by atoms with Gasteiger partial charge in [0.25, 0.3) is 0 Å². The van der Waals surface area contributed by atoms with Crippen molar-refractivity contribution in [1.29, 1.82) is 0 Å². The fourth-order valence-corrected chi connectivity index (χ4v) is 5.11. The fraction of sp³-hybridized carbons (Fsp3) is 0.579. The summed E-state index contributed by atoms with van der Waals surface area (Å²) in [5.74, 6) is 1.44. The van der Waals surface area contributed by atoms with Crippen LogP contribution in [0.4, 0.5) is 0 Å². The standard InChI is InChI=1S/C38H62N8.ClH/c1-31(2)26-41-21-5-17-39-19-7-23-43-28-33-9-13-35(14-10-33)37-25-38(46-30-45-37)36-15-11-34(12-16-36)29-44-24-8-20-40-18-6-22-42-27-32(3)4;/h9-16,25,30-32,39-44H,5-8,17-24,26-29H2,1-4H3;1H. The van der Waals surface area contributed by atoms with E-state index >= 15 is 0 Å². The van der Waals surface area contributed by atoms with Crippen LogP contribution in [0.5, 0.6) is 0 Å². The van der Waals surface area contributed by atoms with Crippen LogP contribution in [0.3, 0.4) is 0 Å². The summed E-state index contributed by atoms with van der Waals surface area (Å²) in [6.07, 6.45) is 6.30. The summed E-state index contributed by atoms with van der Waals surface area (Å²) in [5.41, 5.74) is 6.68. The quantitative estimate of drug-likeness (QED) is 0.0613. The van der Waals surface area contributed by atoms with Gasteiger partial charge in [0.05, 0.1) is 11.4 Å². The third-order valence-electron chi connectivity index (χ3n) is 7.76. The van der Waals surface area contributed by atoms with E-state index in [-0.39, 0.29) is 12.4 Å². The molecule has 9 heteroatoms. The van der Waals surface area contributed by atoms with Crippen molar-refractivity contribution >= 4 is 12.4 Å². The predicted octanol–water partition coefficient (Wildman–Crippen LogP) is 5.64. The topological polar surface area (TPSA) is 98.0 Å². The molecule has 0 fully saturated rings. The first-order valence-electron chi connectivity index (χ1n) is 17.8. The minimum absolute atomic E-state index is 0. The second-order valence-corrected chi connectivity index (χ2v) is 13.1. The summed E-state index contributed by atoms with van der Waals surface area (Å²) in [5, 5.41) is 21.2. The van der Waals surface area contributed by atoms with E-state index in [1.807, 2.05) is 0 Å². The van der Waals surface area contributed by atoms with E-state index < -0.39 is 0 Å². The monoisotopic (exact) mass is 666 g/mol. The van der Waals surface area contributed by atoms with E-state index in [4.69, 9.17) is 0 Å². The van der Waals surface area contributed by atoms with E-state index in [2.05, 4.69) is 124 Å². The van der Waals surface area contributed by atoms with Crippen molar-refractivity contribution < 1.29 is 0 Å². The van der Waals surface area contributed by atoms with Crippen LogP contribution in [0.25, 0.3) is 22.5 Å². The highest BCUT2D eigenvalue weighted by Crippen LogP contribution is 2.23. The number of hydrogen-bond acceptors (Lipinski definition) is 8. The van der Waals surface area contributed by atoms with Crippen molar-refractivity contribution in [1.82, 2.24) is 41.9 Å². The van der Waals surface area contributed by atoms with Crippen molar-refractivity contribution in [3.8, 4) is 22.5 Å². The largest absolute Gasteiger partial charge is 0.317 e. The highest BCUT2D eigenvalue weighted by molar-refractivity contribution is 5.85. The molecule has 0 saturated heterocycles. The van der Waals surface area contributed by atoms with E-state index in [1.165, 1.54) is 24.0 Å². The Hall–Kier alpha value is -2.43. The zero-order chi connectivity index (χ0) is 32.7. The van der Waals surface area contributed by atoms with Crippen molar-refractivity contribution in [2.45, 2.75) is 66.5 Å². The Morgan fingerprint density at radius 2 is 0.809 bits per heavy atom. The normalized spacial score (nSPS) is 11.4. The van der Waals surface area contributed by atoms with Gasteiger partial charge in [-0.15, -0.1) is 12.4 Å². The molecule has 0 spiro atoms. The Balaban J connectivity index is 0.00000768. The molecule has 3 rings (SSSR count). The van der Waals surface area contributed by atoms with Crippen LogP contribution in [0, 0.1) is 11.8 Å². The van der Waals surface area contributed by atoms with Gasteiger partial charge in [-0.3, -0.25) is 0 Å². The van der Waals surface area contributed by atoms with Gasteiger partial charge in [-0.05, 0) is 120 Å². The van der Waals surface area contributed by atoms with Gasteiger partial charge in [0.1, 0.15) is 6.33 Å². The van der Waals surface area contributed by atoms with Gasteiger partial charge in [-0.1, -0.05) is 76.2 Å². The van der Waals surface area contributed by atoms with E-state index in [1.54, 1.807) is 6.33 Å². The number of rotatable bonds is 26. The zero-order valence-electron chi connectivity index (χ0n) is 29.5. The summed E-state index contributed by atoms with van der Waals surface area (Å²) < 4.78 is 0. The predicted molar refractivity (Wildman–Crippen MR) is 203 cm³/mol. The lowest BCUT2D eigenvalue weighted by Crippen LogP contribution is -2.26. The SMILES string of the molecule is CC(C)CNCCCNCCCNCc1ccc(-c2cc(-c3ccc(CNCCCNCCCNCC(C)C)cc3)ncn2)cc1.Cl. The third kappa shape index (κ3) is 18.6. The molecule has 1 heterocycles. The maximum absolute atomic E-state index is 4.56. The molecule has 8 nitrogen and oxygen atoms in total. The summed E-state index contributed by atoms with van der Waals surface area (Å²) in [6, 6.07) is 19.5. The van der Waals surface area contributed by atoms with Gasteiger partial charge >= 0.3 is 0 Å². The Kier molecular flexibility index (Phi) is 22.2. The summed E-state index contributed by atoms with van der Waals surface area (Å²) >= 11 is 0. The molecule has 0 aliphatic heterocycles. The highest BCUT2D eigenvalue weighted by Gasteiger charge is 2.06. The molecular formula is C38H63ClN8. The smallest absolute Gasteiger partial charge is 0.116 e. The number of nitrogens with zero attached hydrogens (tertiary/aromatic N) is 2. The minimum atomic E-state index is 0. The summed E-state index contributed by atoms with van der Waals surface area (Å²) in [7, 11) is 0. The molecule has 0 atom stereocenters. The van der Waals surface area contributed by atoms with Crippen molar-refractivity contribution in [2.24, 2.45) is 11.8 Å². The second kappa shape index (κ2) is 25.6.